The van der Waals surface area contributed by atoms with Gasteiger partial charge in [-0.3, -0.25) is 9.63 Å². The predicted octanol–water partition coefficient (Wildman–Crippen LogP) is 2.02. The van der Waals surface area contributed by atoms with Crippen molar-refractivity contribution in [3.8, 4) is 5.75 Å². The summed E-state index contributed by atoms with van der Waals surface area (Å²) in [5, 5.41) is 0. The lowest BCUT2D eigenvalue weighted by atomic mass is 10.3. The zero-order valence-electron chi connectivity index (χ0n) is 9.67. The first-order valence-electron chi connectivity index (χ1n) is 5.50. The quantitative estimate of drug-likeness (QED) is 0.626. The Kier molecular flexibility index (Phi) is 4.38. The molecule has 2 aromatic rings. The van der Waals surface area contributed by atoms with Crippen molar-refractivity contribution in [2.45, 2.75) is 0 Å². The molecule has 0 aliphatic rings. The van der Waals surface area contributed by atoms with Crippen molar-refractivity contribution in [3.63, 3.8) is 0 Å². The molecule has 0 bridgehead atoms. The van der Waals surface area contributed by atoms with E-state index in [1.54, 1.807) is 12.1 Å². The molecule has 2 rings (SSSR count). The second-order valence-electron chi connectivity index (χ2n) is 3.42. The van der Waals surface area contributed by atoms with Crippen LogP contribution in [-0.2, 0) is 4.84 Å². The van der Waals surface area contributed by atoms with Crippen molar-refractivity contribution in [2.75, 3.05) is 13.2 Å². The van der Waals surface area contributed by atoms with Gasteiger partial charge in [-0.2, -0.15) is 0 Å². The van der Waals surface area contributed by atoms with Gasteiger partial charge in [-0.05, 0) is 24.3 Å². The highest BCUT2D eigenvalue weighted by atomic mass is 16.7. The van der Waals surface area contributed by atoms with Crippen LogP contribution in [0.2, 0.25) is 0 Å². The summed E-state index contributed by atoms with van der Waals surface area (Å²) in [6, 6.07) is 12.6. The molecule has 1 heterocycles. The molecule has 0 spiro atoms. The summed E-state index contributed by atoms with van der Waals surface area (Å²) < 4.78 is 10.3. The van der Waals surface area contributed by atoms with Crippen molar-refractivity contribution in [1.82, 2.24) is 5.48 Å². The van der Waals surface area contributed by atoms with Crippen molar-refractivity contribution in [1.29, 1.82) is 0 Å². The Bertz CT molecular complexity index is 467. The average molecular weight is 247 g/mol. The molecule has 0 radical (unpaired) electrons. The molecule has 0 fully saturated rings. The molecular weight excluding hydrogens is 234 g/mol. The summed E-state index contributed by atoms with van der Waals surface area (Å²) in [4.78, 5) is 16.3. The maximum Gasteiger partial charge on any atom is 0.310 e. The first kappa shape index (κ1) is 12.2. The zero-order valence-corrected chi connectivity index (χ0v) is 9.67. The van der Waals surface area contributed by atoms with Gasteiger partial charge in [0.1, 0.15) is 19.0 Å². The van der Waals surface area contributed by atoms with Crippen LogP contribution < -0.4 is 10.2 Å². The lowest BCUT2D eigenvalue weighted by molar-refractivity contribution is 0.0181. The van der Waals surface area contributed by atoms with Crippen LogP contribution in [0.5, 0.6) is 5.75 Å². The third-order valence-corrected chi connectivity index (χ3v) is 2.11. The zero-order chi connectivity index (χ0) is 12.6. The minimum atomic E-state index is -0.417. The number of rotatable bonds is 6. The van der Waals surface area contributed by atoms with Gasteiger partial charge in [-0.1, -0.05) is 18.2 Å². The fraction of sp³-hybridized carbons (Fsp3) is 0.154. The van der Waals surface area contributed by atoms with Gasteiger partial charge in [0.15, 0.2) is 5.76 Å². The summed E-state index contributed by atoms with van der Waals surface area (Å²) in [6.07, 6.45) is 1.42. The van der Waals surface area contributed by atoms with Crippen LogP contribution in [0.25, 0.3) is 0 Å². The fourth-order valence-electron chi connectivity index (χ4n) is 1.29. The highest BCUT2D eigenvalue weighted by Gasteiger charge is 2.07. The van der Waals surface area contributed by atoms with Crippen LogP contribution in [-0.4, -0.2) is 19.1 Å². The van der Waals surface area contributed by atoms with Gasteiger partial charge in [0.2, 0.25) is 0 Å². The maximum absolute atomic E-state index is 11.4. The van der Waals surface area contributed by atoms with E-state index in [0.29, 0.717) is 6.61 Å². The Balaban J connectivity index is 1.61. The van der Waals surface area contributed by atoms with Gasteiger partial charge in [0.25, 0.3) is 0 Å². The molecule has 0 unspecified atom stereocenters. The first-order chi connectivity index (χ1) is 8.86. The van der Waals surface area contributed by atoms with E-state index >= 15 is 0 Å². The first-order valence-corrected chi connectivity index (χ1v) is 5.50. The molecule has 0 atom stereocenters. The standard InChI is InChI=1S/C13H13NO4/c15-13(12-7-4-8-17-12)14-18-10-9-16-11-5-2-1-3-6-11/h1-8H,9-10H2,(H,14,15). The van der Waals surface area contributed by atoms with Crippen molar-refractivity contribution >= 4 is 5.91 Å². The second-order valence-corrected chi connectivity index (χ2v) is 3.42. The highest BCUT2D eigenvalue weighted by molar-refractivity contribution is 5.90. The number of hydrogen-bond donors (Lipinski definition) is 1. The highest BCUT2D eigenvalue weighted by Crippen LogP contribution is 2.07. The molecule has 18 heavy (non-hydrogen) atoms. The Morgan fingerprint density at radius 2 is 1.94 bits per heavy atom. The number of para-hydroxylation sites is 1. The van der Waals surface area contributed by atoms with Crippen LogP contribution in [0.15, 0.2) is 53.1 Å². The summed E-state index contributed by atoms with van der Waals surface area (Å²) in [6.45, 7) is 0.601. The minimum absolute atomic E-state index is 0.207. The lowest BCUT2D eigenvalue weighted by Gasteiger charge is -2.06. The summed E-state index contributed by atoms with van der Waals surface area (Å²) in [5.74, 6) is 0.553. The number of hydrogen-bond acceptors (Lipinski definition) is 4. The number of nitrogens with one attached hydrogen (secondary N) is 1. The van der Waals surface area contributed by atoms with Gasteiger partial charge < -0.3 is 9.15 Å². The molecule has 0 aliphatic carbocycles. The predicted molar refractivity (Wildman–Crippen MR) is 64.1 cm³/mol. The average Bonchev–Trinajstić information content (AvgIpc) is 2.93. The third-order valence-electron chi connectivity index (χ3n) is 2.11. The smallest absolute Gasteiger partial charge is 0.310 e. The van der Waals surface area contributed by atoms with E-state index in [1.807, 2.05) is 30.3 Å². The number of amides is 1. The SMILES string of the molecule is O=C(NOCCOc1ccccc1)c1ccco1. The van der Waals surface area contributed by atoms with Crippen molar-refractivity contribution in [2.24, 2.45) is 0 Å². The normalized spacial score (nSPS) is 10.0. The third kappa shape index (κ3) is 3.64. The summed E-state index contributed by atoms with van der Waals surface area (Å²) in [7, 11) is 0. The molecule has 1 aromatic carbocycles. The summed E-state index contributed by atoms with van der Waals surface area (Å²) >= 11 is 0. The molecule has 0 saturated heterocycles. The monoisotopic (exact) mass is 247 g/mol. The molecule has 5 heteroatoms. The van der Waals surface area contributed by atoms with Crippen LogP contribution in [0.4, 0.5) is 0 Å². The molecule has 0 saturated carbocycles. The van der Waals surface area contributed by atoms with Crippen LogP contribution in [0.3, 0.4) is 0 Å². The van der Waals surface area contributed by atoms with Gasteiger partial charge in [0.05, 0.1) is 6.26 Å². The molecule has 1 N–H and O–H groups in total. The minimum Gasteiger partial charge on any atom is -0.491 e. The molecule has 1 aromatic heterocycles. The number of carbonyl (C=O) groups is 1. The Hall–Kier alpha value is -2.27. The van der Waals surface area contributed by atoms with E-state index in [-0.39, 0.29) is 12.4 Å². The van der Waals surface area contributed by atoms with Gasteiger partial charge in [-0.25, -0.2) is 5.48 Å². The number of hydroxylamine groups is 1. The lowest BCUT2D eigenvalue weighted by Crippen LogP contribution is -2.25. The Morgan fingerprint density at radius 3 is 2.67 bits per heavy atom. The molecule has 5 nitrogen and oxygen atoms in total. The summed E-state index contributed by atoms with van der Waals surface area (Å²) in [5.41, 5.74) is 2.26. The van der Waals surface area contributed by atoms with E-state index in [2.05, 4.69) is 5.48 Å². The maximum atomic E-state index is 11.4. The van der Waals surface area contributed by atoms with Crippen LogP contribution in [0.1, 0.15) is 10.6 Å². The van der Waals surface area contributed by atoms with E-state index in [0.717, 1.165) is 5.75 Å². The van der Waals surface area contributed by atoms with E-state index < -0.39 is 5.91 Å². The Morgan fingerprint density at radius 1 is 1.11 bits per heavy atom. The number of carbonyl (C=O) groups excluding carboxylic acids is 1. The van der Waals surface area contributed by atoms with E-state index in [1.165, 1.54) is 6.26 Å². The van der Waals surface area contributed by atoms with Gasteiger partial charge in [0, 0.05) is 0 Å². The van der Waals surface area contributed by atoms with Gasteiger partial charge in [-0.15, -0.1) is 0 Å². The Labute approximate surface area is 104 Å². The number of ether oxygens (including phenoxy) is 1. The largest absolute Gasteiger partial charge is 0.491 e. The van der Waals surface area contributed by atoms with Crippen molar-refractivity contribution < 1.29 is 18.8 Å². The fourth-order valence-corrected chi connectivity index (χ4v) is 1.29. The molecule has 0 aliphatic heterocycles. The van der Waals surface area contributed by atoms with Crippen LogP contribution in [0, 0.1) is 0 Å². The van der Waals surface area contributed by atoms with E-state index in [4.69, 9.17) is 14.0 Å². The van der Waals surface area contributed by atoms with E-state index in [9.17, 15) is 4.79 Å². The topological polar surface area (TPSA) is 60.7 Å². The molecular formula is C13H13NO4. The molecule has 94 valence electrons. The second kappa shape index (κ2) is 6.46. The number of furan rings is 1. The van der Waals surface area contributed by atoms with Crippen molar-refractivity contribution in [3.05, 3.63) is 54.5 Å². The van der Waals surface area contributed by atoms with Crippen LogP contribution >= 0.6 is 0 Å². The number of benzene rings is 1. The van der Waals surface area contributed by atoms with Gasteiger partial charge >= 0.3 is 5.91 Å². The molecule has 1 amide bonds.